The topological polar surface area (TPSA) is 189 Å². The summed E-state index contributed by atoms with van der Waals surface area (Å²) < 4.78 is 47.5. The molecule has 0 saturated carbocycles. The number of esters is 2. The molecule has 15 heteroatoms. The molecular formula is C37H68O15. The van der Waals surface area contributed by atoms with E-state index < -0.39 is 11.9 Å². The summed E-state index contributed by atoms with van der Waals surface area (Å²) in [5.41, 5.74) is -0.700. The van der Waals surface area contributed by atoms with Gasteiger partial charge in [-0.3, -0.25) is 9.59 Å². The summed E-state index contributed by atoms with van der Waals surface area (Å²) in [5, 5.41) is 8.32. The van der Waals surface area contributed by atoms with Crippen molar-refractivity contribution in [3.8, 4) is 0 Å². The van der Waals surface area contributed by atoms with Gasteiger partial charge < -0.3 is 57.3 Å². The maximum absolute atomic E-state index is 10.9. The molecule has 1 N–H and O–H groups in total. The number of ketones is 2. The van der Waals surface area contributed by atoms with Crippen molar-refractivity contribution in [1.29, 1.82) is 0 Å². The molecule has 0 spiro atoms. The number of carboxylic acids is 1. The van der Waals surface area contributed by atoms with Crippen LogP contribution in [0.25, 0.3) is 0 Å². The Bertz CT molecular complexity index is 878. The predicted molar refractivity (Wildman–Crippen MR) is 194 cm³/mol. The number of carbonyl (C=O) groups excluding carboxylic acids is 4. The van der Waals surface area contributed by atoms with Crippen LogP contribution >= 0.6 is 0 Å². The Labute approximate surface area is 311 Å². The van der Waals surface area contributed by atoms with E-state index in [4.69, 9.17) is 47.7 Å². The molecule has 0 aliphatic heterocycles. The number of hydrogen-bond acceptors (Lipinski definition) is 14. The van der Waals surface area contributed by atoms with Gasteiger partial charge in [-0.1, -0.05) is 6.58 Å². The largest absolute Gasteiger partial charge is 0.481 e. The summed E-state index contributed by atoms with van der Waals surface area (Å²) in [6.45, 7) is 10.9. The molecule has 0 bridgehead atoms. The highest BCUT2D eigenvalue weighted by molar-refractivity contribution is 5.81. The molecule has 0 rings (SSSR count). The Morgan fingerprint density at radius 3 is 1.19 bits per heavy atom. The zero-order valence-corrected chi connectivity index (χ0v) is 33.1. The second-order valence-electron chi connectivity index (χ2n) is 12.6. The van der Waals surface area contributed by atoms with E-state index in [0.717, 1.165) is 38.2 Å². The van der Waals surface area contributed by atoms with Gasteiger partial charge in [-0.05, 0) is 52.4 Å². The van der Waals surface area contributed by atoms with E-state index >= 15 is 0 Å². The second-order valence-corrected chi connectivity index (χ2v) is 12.6. The molecule has 0 radical (unpaired) electrons. The number of hydrogen-bond donors (Lipinski definition) is 1. The molecule has 0 aromatic carbocycles. The first-order valence-electron chi connectivity index (χ1n) is 17.4. The molecular weight excluding hydrogens is 684 g/mol. The third kappa shape index (κ3) is 34.3. The van der Waals surface area contributed by atoms with Crippen molar-refractivity contribution < 1.29 is 71.7 Å². The average molecular weight is 753 g/mol. The van der Waals surface area contributed by atoms with Crippen molar-refractivity contribution in [3.05, 3.63) is 12.7 Å². The summed E-state index contributed by atoms with van der Waals surface area (Å²) in [6, 6.07) is 0. The normalized spacial score (nSPS) is 11.0. The van der Waals surface area contributed by atoms with Gasteiger partial charge in [0.2, 0.25) is 0 Å². The third-order valence-electron chi connectivity index (χ3n) is 7.08. The Balaban J connectivity index is -0.000000727. The molecule has 0 aromatic heterocycles. The summed E-state index contributed by atoms with van der Waals surface area (Å²) >= 11 is 0. The van der Waals surface area contributed by atoms with Crippen LogP contribution in [0.4, 0.5) is 0 Å². The van der Waals surface area contributed by atoms with Crippen molar-refractivity contribution in [2.45, 2.75) is 78.1 Å². The Hall–Kier alpha value is -2.79. The summed E-state index contributed by atoms with van der Waals surface area (Å²) in [6.07, 6.45) is 7.03. The van der Waals surface area contributed by atoms with Gasteiger partial charge in [0, 0.05) is 61.6 Å². The molecule has 0 saturated heterocycles. The lowest BCUT2D eigenvalue weighted by atomic mass is 9.90. The first-order valence-corrected chi connectivity index (χ1v) is 17.4. The van der Waals surface area contributed by atoms with E-state index in [9.17, 15) is 24.0 Å². The molecule has 0 atom stereocenters. The molecule has 0 heterocycles. The molecule has 52 heavy (non-hydrogen) atoms. The van der Waals surface area contributed by atoms with Crippen molar-refractivity contribution in [2.75, 3.05) is 109 Å². The summed E-state index contributed by atoms with van der Waals surface area (Å²) in [5.74, 6) is -1.49. The van der Waals surface area contributed by atoms with Gasteiger partial charge in [-0.2, -0.15) is 0 Å². The first kappa shape index (κ1) is 53.6. The minimum absolute atomic E-state index is 0.0806. The number of methoxy groups -OCH3 is 6. The second kappa shape index (κ2) is 36.6. The highest BCUT2D eigenvalue weighted by Gasteiger charge is 2.35. The van der Waals surface area contributed by atoms with Crippen LogP contribution in [0.5, 0.6) is 0 Å². The SMILES string of the molecule is C=CC(=O)OCCCCCC(C)=O.CC(=O)CCCCCOC(=O)CCC(=O)O.COCC(COC)(COC)COCC(COC)(COC)COC. The van der Waals surface area contributed by atoms with Gasteiger partial charge in [0.05, 0.1) is 89.7 Å². The summed E-state index contributed by atoms with van der Waals surface area (Å²) in [4.78, 5) is 52.8. The van der Waals surface area contributed by atoms with Gasteiger partial charge in [0.1, 0.15) is 11.6 Å². The first-order chi connectivity index (χ1) is 24.8. The molecule has 306 valence electrons. The Morgan fingerprint density at radius 1 is 0.519 bits per heavy atom. The zero-order valence-electron chi connectivity index (χ0n) is 33.1. The number of ether oxygens (including phenoxy) is 9. The molecule has 0 unspecified atom stereocenters. The highest BCUT2D eigenvalue weighted by Crippen LogP contribution is 2.24. The third-order valence-corrected chi connectivity index (χ3v) is 7.08. The Kier molecular flexibility index (Phi) is 37.7. The van der Waals surface area contributed by atoms with E-state index in [1.807, 2.05) is 0 Å². The van der Waals surface area contributed by atoms with Gasteiger partial charge in [0.15, 0.2) is 0 Å². The monoisotopic (exact) mass is 752 g/mol. The van der Waals surface area contributed by atoms with E-state index in [0.29, 0.717) is 85.3 Å². The molecule has 0 fully saturated rings. The van der Waals surface area contributed by atoms with Crippen LogP contribution < -0.4 is 0 Å². The molecule has 0 aromatic rings. The zero-order chi connectivity index (χ0) is 40.1. The summed E-state index contributed by atoms with van der Waals surface area (Å²) in [7, 11) is 9.95. The molecule has 0 aliphatic rings. The molecule has 15 nitrogen and oxygen atoms in total. The maximum atomic E-state index is 10.9. The quantitative estimate of drug-likeness (QED) is 0.0583. The number of carboxylic acid groups (broad SMARTS) is 1. The van der Waals surface area contributed by atoms with Gasteiger partial charge in [0.25, 0.3) is 0 Å². The number of rotatable bonds is 32. The lowest BCUT2D eigenvalue weighted by Gasteiger charge is -2.35. The van der Waals surface area contributed by atoms with Crippen LogP contribution in [0.3, 0.4) is 0 Å². The van der Waals surface area contributed by atoms with Crippen LogP contribution in [0.2, 0.25) is 0 Å². The van der Waals surface area contributed by atoms with Gasteiger partial charge >= 0.3 is 17.9 Å². The highest BCUT2D eigenvalue weighted by atomic mass is 16.5. The average Bonchev–Trinajstić information content (AvgIpc) is 3.08. The van der Waals surface area contributed by atoms with E-state index in [1.54, 1.807) is 56.5 Å². The van der Waals surface area contributed by atoms with Crippen molar-refractivity contribution >= 4 is 29.5 Å². The van der Waals surface area contributed by atoms with Crippen LogP contribution in [0, 0.1) is 10.8 Å². The minimum atomic E-state index is -1.00. The van der Waals surface area contributed by atoms with E-state index in [2.05, 4.69) is 6.58 Å². The molecule has 0 amide bonds. The van der Waals surface area contributed by atoms with Crippen LogP contribution in [-0.2, 0) is 66.6 Å². The lowest BCUT2D eigenvalue weighted by molar-refractivity contribution is -0.147. The molecule has 0 aliphatic carbocycles. The van der Waals surface area contributed by atoms with Gasteiger partial charge in [-0.25, -0.2) is 4.79 Å². The van der Waals surface area contributed by atoms with Crippen LogP contribution in [-0.4, -0.2) is 143 Å². The van der Waals surface area contributed by atoms with Crippen LogP contribution in [0.1, 0.15) is 78.1 Å². The van der Waals surface area contributed by atoms with Crippen molar-refractivity contribution in [2.24, 2.45) is 10.8 Å². The number of Topliss-reactive ketones (excluding diaryl/α,β-unsaturated/α-hetero) is 2. The number of unbranched alkanes of at least 4 members (excludes halogenated alkanes) is 4. The fourth-order valence-electron chi connectivity index (χ4n) is 4.83. The maximum Gasteiger partial charge on any atom is 0.330 e. The number of aliphatic carboxylic acids is 1. The number of carbonyl (C=O) groups is 5. The van der Waals surface area contributed by atoms with E-state index in [1.165, 1.54) is 0 Å². The smallest absolute Gasteiger partial charge is 0.330 e. The van der Waals surface area contributed by atoms with Crippen molar-refractivity contribution in [1.82, 2.24) is 0 Å². The Morgan fingerprint density at radius 2 is 0.885 bits per heavy atom. The predicted octanol–water partition coefficient (Wildman–Crippen LogP) is 4.26. The van der Waals surface area contributed by atoms with Gasteiger partial charge in [-0.15, -0.1) is 0 Å². The lowest BCUT2D eigenvalue weighted by Crippen LogP contribution is -2.45. The van der Waals surface area contributed by atoms with Crippen LogP contribution in [0.15, 0.2) is 12.7 Å². The standard InChI is InChI=1S/C16H34O7.C11H18O5.C10H16O3/c1-17-7-15(8-18-2,9-19-3)13-23-14-16(10-20-4,11-21-5)12-22-6;1-9(12)5-3-2-4-8-16-11(15)7-6-10(13)14;1-3-10(12)13-8-6-4-5-7-9(2)11/h7-14H2,1-6H3;2-8H2,1H3,(H,13,14);3H,1,4-8H2,2H3. The van der Waals surface area contributed by atoms with E-state index in [-0.39, 0.29) is 41.2 Å². The fraction of sp³-hybridized carbons (Fsp3) is 0.811. The van der Waals surface area contributed by atoms with Crippen molar-refractivity contribution in [3.63, 3.8) is 0 Å². The fourth-order valence-corrected chi connectivity index (χ4v) is 4.83. The minimum Gasteiger partial charge on any atom is -0.481 e.